The lowest BCUT2D eigenvalue weighted by Gasteiger charge is -2.32. The molecule has 1 fully saturated rings. The van der Waals surface area contributed by atoms with E-state index in [0.717, 1.165) is 16.5 Å². The third kappa shape index (κ3) is 3.60. The molecule has 28 heavy (non-hydrogen) atoms. The third-order valence-electron chi connectivity index (χ3n) is 5.01. The zero-order chi connectivity index (χ0) is 20.5. The highest BCUT2D eigenvalue weighted by molar-refractivity contribution is 14.1. The molecule has 0 bridgehead atoms. The molecule has 0 spiro atoms. The van der Waals surface area contributed by atoms with Crippen molar-refractivity contribution in [1.29, 1.82) is 0 Å². The molecule has 0 radical (unpaired) electrons. The van der Waals surface area contributed by atoms with E-state index < -0.39 is 35.6 Å². The zero-order valence-electron chi connectivity index (χ0n) is 14.7. The number of carbonyl (C=O) groups excluding carboxylic acids is 1. The van der Waals surface area contributed by atoms with Crippen LogP contribution in [0.5, 0.6) is 0 Å². The van der Waals surface area contributed by atoms with Crippen LogP contribution in [0.2, 0.25) is 0 Å². The molecule has 1 amide bonds. The van der Waals surface area contributed by atoms with Crippen LogP contribution in [0.25, 0.3) is 11.1 Å². The van der Waals surface area contributed by atoms with Gasteiger partial charge in [0, 0.05) is 18.5 Å². The van der Waals surface area contributed by atoms with Crippen molar-refractivity contribution in [3.8, 4) is 11.1 Å². The minimum absolute atomic E-state index is 0.0228. The third-order valence-corrected chi connectivity index (χ3v) is 6.10. The summed E-state index contributed by atoms with van der Waals surface area (Å²) >= 11 is 1.86. The topological polar surface area (TPSA) is 94.9 Å². The van der Waals surface area contributed by atoms with Crippen molar-refractivity contribution < 1.29 is 29.0 Å². The number of nitrogens with zero attached hydrogens (tertiary/aromatic N) is 1. The van der Waals surface area contributed by atoms with E-state index in [1.807, 2.05) is 28.7 Å². The first kappa shape index (κ1) is 20.2. The Morgan fingerprint density at radius 2 is 1.82 bits per heavy atom. The van der Waals surface area contributed by atoms with Gasteiger partial charge in [-0.15, -0.1) is 0 Å². The summed E-state index contributed by atoms with van der Waals surface area (Å²) in [5.41, 5.74) is -0.554. The van der Waals surface area contributed by atoms with Crippen molar-refractivity contribution in [3.63, 3.8) is 0 Å². The van der Waals surface area contributed by atoms with Gasteiger partial charge in [-0.25, -0.2) is 14.0 Å². The van der Waals surface area contributed by atoms with E-state index in [-0.39, 0.29) is 18.5 Å². The quantitative estimate of drug-likeness (QED) is 0.476. The van der Waals surface area contributed by atoms with Crippen LogP contribution in [-0.2, 0) is 4.79 Å². The maximum absolute atomic E-state index is 14.5. The average molecular weight is 497 g/mol. The predicted octanol–water partition coefficient (Wildman–Crippen LogP) is 4.27. The number of carboxylic acids is 1. The number of hydrogen-bond acceptors (Lipinski definition) is 3. The highest BCUT2D eigenvalue weighted by Crippen LogP contribution is 2.35. The lowest BCUT2D eigenvalue weighted by molar-refractivity contribution is -0.148. The number of carboxylic acid groups (broad SMARTS) is 2. The van der Waals surface area contributed by atoms with Gasteiger partial charge < -0.3 is 10.2 Å². The molecule has 0 saturated carbocycles. The summed E-state index contributed by atoms with van der Waals surface area (Å²) in [4.78, 5) is 37.0. The highest BCUT2D eigenvalue weighted by atomic mass is 127. The van der Waals surface area contributed by atoms with Gasteiger partial charge in [0.05, 0.1) is 3.57 Å². The molecule has 1 unspecified atom stereocenters. The van der Waals surface area contributed by atoms with Gasteiger partial charge in [0.1, 0.15) is 5.82 Å². The second-order valence-corrected chi connectivity index (χ2v) is 7.74. The molecule has 0 aromatic heterocycles. The molecule has 1 heterocycles. The SMILES string of the molecule is O=C(CC1(C(=O)O)CCCN1C(=O)O)c1cc(F)c(I)c(-c2ccccc2)c1. The number of halogens is 2. The van der Waals surface area contributed by atoms with Crippen LogP contribution < -0.4 is 0 Å². The van der Waals surface area contributed by atoms with Gasteiger partial charge in [0.2, 0.25) is 0 Å². The number of likely N-dealkylation sites (tertiary alicyclic amines) is 1. The van der Waals surface area contributed by atoms with Gasteiger partial charge >= 0.3 is 12.1 Å². The number of amides is 1. The number of ketones is 1. The first-order valence-electron chi connectivity index (χ1n) is 8.58. The van der Waals surface area contributed by atoms with E-state index >= 15 is 0 Å². The van der Waals surface area contributed by atoms with E-state index in [1.165, 1.54) is 6.07 Å². The molecule has 1 aliphatic heterocycles. The molecular weight excluding hydrogens is 480 g/mol. The Balaban J connectivity index is 2.00. The first-order chi connectivity index (χ1) is 13.3. The van der Waals surface area contributed by atoms with E-state index in [9.17, 15) is 29.0 Å². The first-order valence-corrected chi connectivity index (χ1v) is 9.66. The van der Waals surface area contributed by atoms with E-state index in [4.69, 9.17) is 0 Å². The standard InChI is InChI=1S/C20H17FINO5/c21-15-10-13(9-14(17(15)22)12-5-2-1-3-6-12)16(24)11-20(18(25)26)7-4-8-23(20)19(27)28/h1-3,5-6,9-10H,4,7-8,11H2,(H,25,26)(H,27,28). The monoisotopic (exact) mass is 497 g/mol. The van der Waals surface area contributed by atoms with Crippen molar-refractivity contribution >= 4 is 40.4 Å². The van der Waals surface area contributed by atoms with Gasteiger partial charge in [0.25, 0.3) is 0 Å². The number of hydrogen-bond donors (Lipinski definition) is 2. The number of benzene rings is 2. The Kier molecular flexibility index (Phi) is 5.69. The van der Waals surface area contributed by atoms with E-state index in [1.54, 1.807) is 24.3 Å². The van der Waals surface area contributed by atoms with Crippen LogP contribution in [0.3, 0.4) is 0 Å². The second kappa shape index (κ2) is 7.86. The fourth-order valence-electron chi connectivity index (χ4n) is 3.58. The number of aliphatic carboxylic acids is 1. The molecule has 6 nitrogen and oxygen atoms in total. The Labute approximate surface area is 174 Å². The Hall–Kier alpha value is -2.49. The van der Waals surface area contributed by atoms with Crippen molar-refractivity contribution in [2.75, 3.05) is 6.54 Å². The maximum Gasteiger partial charge on any atom is 0.408 e. The molecule has 1 saturated heterocycles. The normalized spacial score (nSPS) is 18.9. The molecule has 3 rings (SSSR count). The van der Waals surface area contributed by atoms with Crippen LogP contribution in [0.4, 0.5) is 9.18 Å². The van der Waals surface area contributed by atoms with Gasteiger partial charge in [-0.1, -0.05) is 30.3 Å². The summed E-state index contributed by atoms with van der Waals surface area (Å²) in [6.45, 7) is 0.0469. The summed E-state index contributed by atoms with van der Waals surface area (Å²) in [6.07, 6.45) is -1.53. The van der Waals surface area contributed by atoms with Crippen LogP contribution in [-0.4, -0.2) is 45.0 Å². The van der Waals surface area contributed by atoms with Crippen molar-refractivity contribution in [2.45, 2.75) is 24.8 Å². The fourth-order valence-corrected chi connectivity index (χ4v) is 4.21. The number of carbonyl (C=O) groups is 3. The van der Waals surface area contributed by atoms with E-state index in [0.29, 0.717) is 15.6 Å². The lowest BCUT2D eigenvalue weighted by atomic mass is 9.87. The molecule has 0 aliphatic carbocycles. The van der Waals surface area contributed by atoms with Gasteiger partial charge in [-0.05, 0) is 58.7 Å². The smallest absolute Gasteiger partial charge is 0.408 e. The van der Waals surface area contributed by atoms with Crippen molar-refractivity contribution in [1.82, 2.24) is 4.90 Å². The minimum Gasteiger partial charge on any atom is -0.479 e. The minimum atomic E-state index is -1.82. The fraction of sp³-hybridized carbons (Fsp3) is 0.250. The molecule has 2 N–H and O–H groups in total. The zero-order valence-corrected chi connectivity index (χ0v) is 16.8. The van der Waals surface area contributed by atoms with Gasteiger partial charge in [-0.3, -0.25) is 9.69 Å². The Morgan fingerprint density at radius 3 is 2.43 bits per heavy atom. The maximum atomic E-state index is 14.5. The van der Waals surface area contributed by atoms with Gasteiger partial charge in [-0.2, -0.15) is 0 Å². The van der Waals surface area contributed by atoms with Gasteiger partial charge in [0.15, 0.2) is 11.3 Å². The average Bonchev–Trinajstić information content (AvgIpc) is 3.09. The molecule has 146 valence electrons. The Bertz CT molecular complexity index is 949. The van der Waals surface area contributed by atoms with Crippen LogP contribution >= 0.6 is 22.6 Å². The Morgan fingerprint density at radius 1 is 1.14 bits per heavy atom. The van der Waals surface area contributed by atoms with Crippen LogP contribution in [0, 0.1) is 9.39 Å². The predicted molar refractivity (Wildman–Crippen MR) is 108 cm³/mol. The summed E-state index contributed by atoms with van der Waals surface area (Å²) < 4.78 is 14.8. The van der Waals surface area contributed by atoms with Crippen LogP contribution in [0.15, 0.2) is 42.5 Å². The number of Topliss-reactive ketones (excluding diaryl/α,β-unsaturated/α-hetero) is 1. The largest absolute Gasteiger partial charge is 0.479 e. The molecule has 2 aromatic carbocycles. The summed E-state index contributed by atoms with van der Waals surface area (Å²) in [7, 11) is 0. The molecular formula is C20H17FINO5. The summed E-state index contributed by atoms with van der Waals surface area (Å²) in [5.74, 6) is -2.56. The molecule has 8 heteroatoms. The number of rotatable bonds is 5. The van der Waals surface area contributed by atoms with E-state index in [2.05, 4.69) is 0 Å². The molecule has 1 aliphatic rings. The molecule has 1 atom stereocenters. The highest BCUT2D eigenvalue weighted by Gasteiger charge is 2.51. The molecule has 2 aromatic rings. The summed E-state index contributed by atoms with van der Waals surface area (Å²) in [6, 6.07) is 11.6. The summed E-state index contributed by atoms with van der Waals surface area (Å²) in [5, 5.41) is 19.0. The second-order valence-electron chi connectivity index (χ2n) is 6.66. The lowest BCUT2D eigenvalue weighted by Crippen LogP contribution is -2.53. The van der Waals surface area contributed by atoms with Crippen molar-refractivity contribution in [2.24, 2.45) is 0 Å². The van der Waals surface area contributed by atoms with Crippen LogP contribution in [0.1, 0.15) is 29.6 Å². The van der Waals surface area contributed by atoms with Crippen molar-refractivity contribution in [3.05, 3.63) is 57.4 Å².